The number of ether oxygens (including phenoxy) is 4. The number of ketones is 1. The Bertz CT molecular complexity index is 787. The van der Waals surface area contributed by atoms with Crippen molar-refractivity contribution in [1.29, 1.82) is 0 Å². The van der Waals surface area contributed by atoms with Gasteiger partial charge in [-0.25, -0.2) is 0 Å². The molecule has 0 N–H and O–H groups in total. The highest BCUT2D eigenvalue weighted by Crippen LogP contribution is 2.42. The highest BCUT2D eigenvalue weighted by molar-refractivity contribution is 14.1. The van der Waals surface area contributed by atoms with Crippen molar-refractivity contribution in [1.82, 2.24) is 0 Å². The smallest absolute Gasteiger partial charge is 0.174 e. The molecule has 2 aromatic rings. The molecular formula is C18H17IO5. The van der Waals surface area contributed by atoms with Gasteiger partial charge in [-0.15, -0.1) is 0 Å². The summed E-state index contributed by atoms with van der Waals surface area (Å²) in [4.78, 5) is 12.6. The van der Waals surface area contributed by atoms with Crippen molar-refractivity contribution in [3.8, 4) is 23.0 Å². The minimum atomic E-state index is -0.346. The van der Waals surface area contributed by atoms with E-state index in [4.69, 9.17) is 18.9 Å². The Morgan fingerprint density at radius 3 is 2.42 bits per heavy atom. The maximum atomic E-state index is 12.6. The third-order valence-corrected chi connectivity index (χ3v) is 4.80. The van der Waals surface area contributed by atoms with Gasteiger partial charge in [0.25, 0.3) is 0 Å². The fourth-order valence-corrected chi connectivity index (χ4v) is 3.51. The molecule has 1 atom stereocenters. The number of carbonyl (C=O) groups excluding carboxylic acids is 1. The van der Waals surface area contributed by atoms with Crippen LogP contribution in [0.15, 0.2) is 30.3 Å². The minimum absolute atomic E-state index is 0.00780. The highest BCUT2D eigenvalue weighted by atomic mass is 127. The van der Waals surface area contributed by atoms with Crippen LogP contribution in [0.4, 0.5) is 0 Å². The first kappa shape index (κ1) is 16.9. The lowest BCUT2D eigenvalue weighted by molar-refractivity contribution is 0.0844. The van der Waals surface area contributed by atoms with E-state index in [1.54, 1.807) is 26.4 Å². The molecule has 6 heteroatoms. The summed E-state index contributed by atoms with van der Waals surface area (Å²) in [5.74, 6) is 2.33. The molecule has 2 aromatic carbocycles. The number of hydrogen-bond donors (Lipinski definition) is 0. The molecule has 5 nitrogen and oxygen atoms in total. The quantitative estimate of drug-likeness (QED) is 0.673. The second-order valence-corrected chi connectivity index (χ2v) is 6.49. The Balaban J connectivity index is 2.00. The molecule has 0 fully saturated rings. The van der Waals surface area contributed by atoms with E-state index in [1.807, 2.05) is 18.2 Å². The van der Waals surface area contributed by atoms with Gasteiger partial charge in [0.15, 0.2) is 5.78 Å². The van der Waals surface area contributed by atoms with E-state index in [1.165, 1.54) is 7.11 Å². The summed E-state index contributed by atoms with van der Waals surface area (Å²) in [5, 5.41) is 0. The van der Waals surface area contributed by atoms with Gasteiger partial charge < -0.3 is 18.9 Å². The molecule has 0 aromatic heterocycles. The minimum Gasteiger partial charge on any atom is -0.496 e. The largest absolute Gasteiger partial charge is 0.496 e. The normalized spacial score (nSPS) is 16.2. The van der Waals surface area contributed by atoms with Crippen LogP contribution in [-0.4, -0.2) is 27.1 Å². The van der Waals surface area contributed by atoms with Crippen molar-refractivity contribution in [2.24, 2.45) is 0 Å². The summed E-state index contributed by atoms with van der Waals surface area (Å²) < 4.78 is 22.9. The number of hydrogen-bond acceptors (Lipinski definition) is 5. The van der Waals surface area contributed by atoms with Crippen LogP contribution in [0, 0.1) is 3.57 Å². The lowest BCUT2D eigenvalue weighted by Gasteiger charge is -2.27. The first-order valence-electron chi connectivity index (χ1n) is 7.36. The molecular weight excluding hydrogens is 423 g/mol. The lowest BCUT2D eigenvalue weighted by Crippen LogP contribution is -2.21. The molecule has 0 bridgehead atoms. The topological polar surface area (TPSA) is 54.0 Å². The van der Waals surface area contributed by atoms with Crippen molar-refractivity contribution in [2.45, 2.75) is 12.5 Å². The summed E-state index contributed by atoms with van der Waals surface area (Å²) in [6, 6.07) is 9.18. The number of methoxy groups -OCH3 is 3. The van der Waals surface area contributed by atoms with Crippen molar-refractivity contribution >= 4 is 28.4 Å². The Hall–Kier alpha value is -1.96. The zero-order valence-corrected chi connectivity index (χ0v) is 15.7. The molecule has 0 amide bonds. The lowest BCUT2D eigenvalue weighted by atomic mass is 9.95. The molecule has 126 valence electrons. The first-order chi connectivity index (χ1) is 11.6. The molecule has 1 unspecified atom stereocenters. The van der Waals surface area contributed by atoms with Crippen molar-refractivity contribution in [3.63, 3.8) is 0 Å². The highest BCUT2D eigenvalue weighted by Gasteiger charge is 2.31. The standard InChI is InChI=1S/C18H17IO5/c1-21-11-7-16(23-3)18-13(20)9-15(24-17(18)8-11)10-4-5-14(22-2)12(19)6-10/h4-8,15H,9H2,1-3H3. The molecule has 1 aliphatic heterocycles. The van der Waals surface area contributed by atoms with Gasteiger partial charge in [-0.1, -0.05) is 6.07 Å². The van der Waals surface area contributed by atoms with E-state index in [0.717, 1.165) is 14.9 Å². The summed E-state index contributed by atoms with van der Waals surface area (Å²) in [7, 11) is 4.72. The number of fused-ring (bicyclic) bond motifs is 1. The average molecular weight is 440 g/mol. The molecule has 0 radical (unpaired) electrons. The number of halogens is 1. The predicted molar refractivity (Wildman–Crippen MR) is 97.6 cm³/mol. The van der Waals surface area contributed by atoms with E-state index in [-0.39, 0.29) is 18.3 Å². The summed E-state index contributed by atoms with van der Waals surface area (Å²) >= 11 is 2.20. The Labute approximate surface area is 154 Å². The van der Waals surface area contributed by atoms with Crippen molar-refractivity contribution in [3.05, 3.63) is 45.0 Å². The SMILES string of the molecule is COc1cc(OC)c2c(c1)OC(c1ccc(OC)c(I)c1)CC2=O. The van der Waals surface area contributed by atoms with Gasteiger partial charge >= 0.3 is 0 Å². The summed E-state index contributed by atoms with van der Waals surface area (Å²) in [6.07, 6.45) is -0.0841. The van der Waals surface area contributed by atoms with E-state index < -0.39 is 0 Å². The third-order valence-electron chi connectivity index (χ3n) is 3.96. The van der Waals surface area contributed by atoms with Crippen LogP contribution < -0.4 is 18.9 Å². The van der Waals surface area contributed by atoms with Gasteiger partial charge in [0, 0.05) is 12.1 Å². The number of benzene rings is 2. The van der Waals surface area contributed by atoms with Crippen molar-refractivity contribution in [2.75, 3.05) is 21.3 Å². The van der Waals surface area contributed by atoms with Crippen molar-refractivity contribution < 1.29 is 23.7 Å². The zero-order chi connectivity index (χ0) is 17.3. The van der Waals surface area contributed by atoms with E-state index in [2.05, 4.69) is 22.6 Å². The molecule has 3 rings (SSSR count). The van der Waals surface area contributed by atoms with E-state index in [0.29, 0.717) is 22.8 Å². The van der Waals surface area contributed by atoms with Crippen LogP contribution >= 0.6 is 22.6 Å². The van der Waals surface area contributed by atoms with Gasteiger partial charge in [-0.05, 0) is 40.3 Å². The van der Waals surface area contributed by atoms with Gasteiger partial charge in [-0.3, -0.25) is 4.79 Å². The molecule has 0 saturated carbocycles. The zero-order valence-electron chi connectivity index (χ0n) is 13.6. The van der Waals surface area contributed by atoms with Gasteiger partial charge in [0.05, 0.1) is 31.3 Å². The van der Waals surface area contributed by atoms with Gasteiger partial charge in [0.1, 0.15) is 34.7 Å². The Morgan fingerprint density at radius 2 is 1.79 bits per heavy atom. The molecule has 1 aliphatic rings. The average Bonchev–Trinajstić information content (AvgIpc) is 2.60. The van der Waals surface area contributed by atoms with Crippen LogP contribution in [0.1, 0.15) is 28.4 Å². The number of rotatable bonds is 4. The Kier molecular flexibility index (Phi) is 4.84. The fourth-order valence-electron chi connectivity index (χ4n) is 2.75. The molecule has 0 spiro atoms. The molecule has 24 heavy (non-hydrogen) atoms. The third kappa shape index (κ3) is 3.02. The number of Topliss-reactive ketones (excluding diaryl/α,β-unsaturated/α-hetero) is 1. The maximum Gasteiger partial charge on any atom is 0.174 e. The predicted octanol–water partition coefficient (Wildman–Crippen LogP) is 4.02. The summed E-state index contributed by atoms with van der Waals surface area (Å²) in [5.41, 5.74) is 1.40. The maximum absolute atomic E-state index is 12.6. The van der Waals surface area contributed by atoms with Crippen LogP contribution in [0.2, 0.25) is 0 Å². The van der Waals surface area contributed by atoms with Crippen LogP contribution in [-0.2, 0) is 0 Å². The van der Waals surface area contributed by atoms with E-state index >= 15 is 0 Å². The molecule has 1 heterocycles. The second-order valence-electron chi connectivity index (χ2n) is 5.33. The van der Waals surface area contributed by atoms with Gasteiger partial charge in [-0.2, -0.15) is 0 Å². The van der Waals surface area contributed by atoms with E-state index in [9.17, 15) is 4.79 Å². The Morgan fingerprint density at radius 1 is 1.04 bits per heavy atom. The van der Waals surface area contributed by atoms with Crippen LogP contribution in [0.3, 0.4) is 0 Å². The van der Waals surface area contributed by atoms with Gasteiger partial charge in [0.2, 0.25) is 0 Å². The number of carbonyl (C=O) groups is 1. The van der Waals surface area contributed by atoms with Crippen LogP contribution in [0.25, 0.3) is 0 Å². The first-order valence-corrected chi connectivity index (χ1v) is 8.44. The van der Waals surface area contributed by atoms with Crippen LogP contribution in [0.5, 0.6) is 23.0 Å². The monoisotopic (exact) mass is 440 g/mol. The second kappa shape index (κ2) is 6.88. The fraction of sp³-hybridized carbons (Fsp3) is 0.278. The molecule has 0 saturated heterocycles. The summed E-state index contributed by atoms with van der Waals surface area (Å²) in [6.45, 7) is 0. The molecule has 0 aliphatic carbocycles.